The van der Waals surface area contributed by atoms with Gasteiger partial charge >= 0.3 is 0 Å². The average molecular weight is 314 g/mol. The van der Waals surface area contributed by atoms with E-state index in [9.17, 15) is 20.4 Å². The molecule has 0 unspecified atom stereocenters. The third-order valence-electron chi connectivity index (χ3n) is 4.49. The van der Waals surface area contributed by atoms with Crippen LogP contribution in [0.4, 0.5) is 0 Å². The molecule has 4 heteroatoms. The minimum Gasteiger partial charge on any atom is -0.507 e. The largest absolute Gasteiger partial charge is 0.507 e. The molecule has 23 heavy (non-hydrogen) atoms. The van der Waals surface area contributed by atoms with Crippen molar-refractivity contribution in [1.82, 2.24) is 0 Å². The number of hydrogen-bond donors (Lipinski definition) is 4. The number of hydrogen-bond acceptors (Lipinski definition) is 4. The van der Waals surface area contributed by atoms with Crippen LogP contribution in [0.25, 0.3) is 11.1 Å². The predicted molar refractivity (Wildman–Crippen MR) is 88.5 cm³/mol. The fraction of sp³-hybridized carbons (Fsp3) is 0.368. The number of fused-ring (bicyclic) bond motifs is 5. The summed E-state index contributed by atoms with van der Waals surface area (Å²) in [5.41, 5.74) is 3.15. The van der Waals surface area contributed by atoms with Gasteiger partial charge in [-0.05, 0) is 67.5 Å². The minimum atomic E-state index is -0.542. The highest BCUT2D eigenvalue weighted by Gasteiger charge is 2.16. The van der Waals surface area contributed by atoms with Gasteiger partial charge in [0.1, 0.15) is 11.5 Å². The highest BCUT2D eigenvalue weighted by atomic mass is 16.3. The van der Waals surface area contributed by atoms with E-state index in [1.54, 1.807) is 12.1 Å². The summed E-state index contributed by atoms with van der Waals surface area (Å²) in [6, 6.07) is 10.6. The van der Waals surface area contributed by atoms with Crippen molar-refractivity contribution in [1.29, 1.82) is 0 Å². The molecule has 0 aromatic heterocycles. The maximum absolute atomic E-state index is 10.2. The van der Waals surface area contributed by atoms with Gasteiger partial charge in [0.25, 0.3) is 0 Å². The summed E-state index contributed by atoms with van der Waals surface area (Å²) in [6.07, 6.45) is 1.72. The van der Waals surface area contributed by atoms with Gasteiger partial charge in [-0.2, -0.15) is 0 Å². The second kappa shape index (κ2) is 6.60. The monoisotopic (exact) mass is 314 g/mol. The minimum absolute atomic E-state index is 0.122. The number of aryl methyl sites for hydroxylation is 2. The van der Waals surface area contributed by atoms with Crippen LogP contribution in [0, 0.1) is 0 Å². The van der Waals surface area contributed by atoms with Crippen LogP contribution >= 0.6 is 0 Å². The number of phenols is 2. The van der Waals surface area contributed by atoms with E-state index in [2.05, 4.69) is 0 Å². The Bertz CT molecular complexity index is 636. The highest BCUT2D eigenvalue weighted by molar-refractivity contribution is 5.76. The lowest BCUT2D eigenvalue weighted by Crippen LogP contribution is -2.19. The van der Waals surface area contributed by atoms with E-state index in [0.717, 1.165) is 11.1 Å². The van der Waals surface area contributed by atoms with Gasteiger partial charge in [-0.25, -0.2) is 0 Å². The molecule has 2 atom stereocenters. The van der Waals surface area contributed by atoms with E-state index >= 15 is 0 Å². The van der Waals surface area contributed by atoms with Gasteiger partial charge in [0.15, 0.2) is 0 Å². The summed E-state index contributed by atoms with van der Waals surface area (Å²) in [7, 11) is 0. The van der Waals surface area contributed by atoms with Crippen LogP contribution in [0.1, 0.15) is 30.4 Å². The van der Waals surface area contributed by atoms with Crippen LogP contribution in [0.2, 0.25) is 0 Å². The van der Waals surface area contributed by atoms with E-state index in [-0.39, 0.29) is 11.5 Å². The zero-order valence-corrected chi connectivity index (χ0v) is 12.9. The third-order valence-corrected chi connectivity index (χ3v) is 4.49. The molecule has 2 aromatic carbocycles. The van der Waals surface area contributed by atoms with Crippen LogP contribution < -0.4 is 0 Å². The number of aliphatic hydroxyl groups is 2. The van der Waals surface area contributed by atoms with Crippen molar-refractivity contribution in [3.05, 3.63) is 47.5 Å². The van der Waals surface area contributed by atoms with Crippen molar-refractivity contribution in [2.24, 2.45) is 0 Å². The Kier molecular flexibility index (Phi) is 4.55. The molecule has 3 rings (SSSR count). The van der Waals surface area contributed by atoms with Crippen molar-refractivity contribution >= 4 is 0 Å². The van der Waals surface area contributed by atoms with Gasteiger partial charge in [0.2, 0.25) is 0 Å². The summed E-state index contributed by atoms with van der Waals surface area (Å²) in [6.45, 7) is 0. The van der Waals surface area contributed by atoms with Gasteiger partial charge in [0.05, 0.1) is 12.2 Å². The van der Waals surface area contributed by atoms with Gasteiger partial charge in [-0.1, -0.05) is 12.1 Å². The van der Waals surface area contributed by atoms with Crippen molar-refractivity contribution in [3.8, 4) is 22.6 Å². The van der Waals surface area contributed by atoms with Gasteiger partial charge < -0.3 is 20.4 Å². The predicted octanol–water partition coefficient (Wildman–Crippen LogP) is 2.76. The number of phenolic OH excluding ortho intramolecular Hbond substituents is 2. The lowest BCUT2D eigenvalue weighted by molar-refractivity contribution is 0.0714. The third kappa shape index (κ3) is 3.66. The van der Waals surface area contributed by atoms with Crippen LogP contribution in [0.5, 0.6) is 11.5 Å². The highest BCUT2D eigenvalue weighted by Crippen LogP contribution is 2.37. The molecule has 0 amide bonds. The van der Waals surface area contributed by atoms with Crippen molar-refractivity contribution < 1.29 is 20.4 Å². The Morgan fingerprint density at radius 1 is 0.696 bits per heavy atom. The molecule has 1 aliphatic rings. The quantitative estimate of drug-likeness (QED) is 0.603. The van der Waals surface area contributed by atoms with E-state index in [4.69, 9.17) is 0 Å². The fourth-order valence-corrected chi connectivity index (χ4v) is 3.13. The van der Waals surface area contributed by atoms with E-state index in [0.29, 0.717) is 43.2 Å². The van der Waals surface area contributed by atoms with E-state index < -0.39 is 12.2 Å². The standard InChI is InChI=1S/C19H22O4/c20-14-5-1-12-3-7-18(22)16(9-12)17-10-13(4-8-19(17)23)2-6-15(21)11-14/h3-4,7-10,14-15,20-23H,1-2,5-6,11H2/t14-,15-/m0/s1. The van der Waals surface area contributed by atoms with Gasteiger partial charge in [-0.3, -0.25) is 0 Å². The molecular weight excluding hydrogens is 292 g/mol. The summed E-state index contributed by atoms with van der Waals surface area (Å²) in [5, 5.41) is 40.5. The summed E-state index contributed by atoms with van der Waals surface area (Å²) in [5.74, 6) is 0.244. The topological polar surface area (TPSA) is 80.9 Å². The number of rotatable bonds is 0. The molecule has 0 saturated carbocycles. The second-order valence-corrected chi connectivity index (χ2v) is 6.32. The molecule has 4 nitrogen and oxygen atoms in total. The Morgan fingerprint density at radius 3 is 1.57 bits per heavy atom. The van der Waals surface area contributed by atoms with E-state index in [1.807, 2.05) is 24.3 Å². The van der Waals surface area contributed by atoms with Crippen molar-refractivity contribution in [2.45, 2.75) is 44.3 Å². The molecule has 0 saturated heterocycles. The first-order valence-electron chi connectivity index (χ1n) is 8.03. The Labute approximate surface area is 135 Å². The lowest BCUT2D eigenvalue weighted by atomic mass is 9.96. The van der Waals surface area contributed by atoms with E-state index in [1.165, 1.54) is 0 Å². The Balaban J connectivity index is 2.07. The summed E-state index contributed by atoms with van der Waals surface area (Å²) >= 11 is 0. The van der Waals surface area contributed by atoms with Crippen LogP contribution in [0.3, 0.4) is 0 Å². The molecule has 1 aliphatic carbocycles. The van der Waals surface area contributed by atoms with Gasteiger partial charge in [0, 0.05) is 11.1 Å². The maximum Gasteiger partial charge on any atom is 0.123 e. The molecule has 0 spiro atoms. The zero-order valence-electron chi connectivity index (χ0n) is 12.9. The Morgan fingerprint density at radius 2 is 1.13 bits per heavy atom. The Hall–Kier alpha value is -2.04. The molecule has 4 bridgehead atoms. The second-order valence-electron chi connectivity index (χ2n) is 6.32. The summed E-state index contributed by atoms with van der Waals surface area (Å²) < 4.78 is 0. The zero-order chi connectivity index (χ0) is 16.4. The van der Waals surface area contributed by atoms with Crippen LogP contribution in [-0.2, 0) is 12.8 Å². The number of aliphatic hydroxyl groups excluding tert-OH is 2. The van der Waals surface area contributed by atoms with Crippen molar-refractivity contribution in [2.75, 3.05) is 0 Å². The molecule has 0 heterocycles. The fourth-order valence-electron chi connectivity index (χ4n) is 3.13. The molecule has 0 aliphatic heterocycles. The summed E-state index contributed by atoms with van der Waals surface area (Å²) in [4.78, 5) is 0. The maximum atomic E-state index is 10.2. The first kappa shape index (κ1) is 15.8. The molecule has 0 fully saturated rings. The smallest absolute Gasteiger partial charge is 0.123 e. The molecule has 2 aromatic rings. The first-order chi connectivity index (χ1) is 11.0. The molecular formula is C19H22O4. The van der Waals surface area contributed by atoms with Gasteiger partial charge in [-0.15, -0.1) is 0 Å². The average Bonchev–Trinajstić information content (AvgIpc) is 2.53. The molecule has 0 radical (unpaired) electrons. The van der Waals surface area contributed by atoms with Crippen molar-refractivity contribution in [3.63, 3.8) is 0 Å². The van der Waals surface area contributed by atoms with Crippen LogP contribution in [0.15, 0.2) is 36.4 Å². The lowest BCUT2D eigenvalue weighted by Gasteiger charge is -2.15. The number of benzene rings is 2. The molecule has 122 valence electrons. The normalized spacial score (nSPS) is 21.8. The molecule has 4 N–H and O–H groups in total. The first-order valence-corrected chi connectivity index (χ1v) is 8.03. The number of aromatic hydroxyl groups is 2. The van der Waals surface area contributed by atoms with Crippen LogP contribution in [-0.4, -0.2) is 32.6 Å². The SMILES string of the molecule is Oc1ccc2cc1-c1cc(ccc1O)CC[C@H](O)C[C@@H](O)CC2.